The molecule has 0 spiro atoms. The molecule has 1 aliphatic rings. The van der Waals surface area contributed by atoms with Gasteiger partial charge in [-0.15, -0.1) is 11.3 Å². The smallest absolute Gasteiger partial charge is 0.0643 e. The highest BCUT2D eigenvalue weighted by molar-refractivity contribution is 7.12. The van der Waals surface area contributed by atoms with Crippen molar-refractivity contribution in [1.82, 2.24) is 15.1 Å². The summed E-state index contributed by atoms with van der Waals surface area (Å²) in [5, 5.41) is 7.96. The average Bonchev–Trinajstić information content (AvgIpc) is 2.97. The summed E-state index contributed by atoms with van der Waals surface area (Å²) in [6.07, 6.45) is 9.64. The largest absolute Gasteiger partial charge is 0.312 e. The third-order valence-corrected chi connectivity index (χ3v) is 5.49. The van der Waals surface area contributed by atoms with Crippen LogP contribution in [0.3, 0.4) is 0 Å². The van der Waals surface area contributed by atoms with Crippen molar-refractivity contribution in [3.05, 3.63) is 39.3 Å². The molecule has 1 atom stereocenters. The maximum absolute atomic E-state index is 4.50. The van der Waals surface area contributed by atoms with E-state index in [-0.39, 0.29) is 0 Å². The van der Waals surface area contributed by atoms with E-state index in [1.54, 1.807) is 10.4 Å². The quantitative estimate of drug-likeness (QED) is 0.876. The lowest BCUT2D eigenvalue weighted by Crippen LogP contribution is -2.18. The maximum Gasteiger partial charge on any atom is 0.0643 e. The first-order chi connectivity index (χ1) is 9.76. The molecule has 0 aliphatic heterocycles. The van der Waals surface area contributed by atoms with E-state index in [0.717, 1.165) is 12.1 Å². The predicted octanol–water partition coefficient (Wildman–Crippen LogP) is 3.25. The topological polar surface area (TPSA) is 29.9 Å². The highest BCUT2D eigenvalue weighted by Crippen LogP contribution is 2.33. The van der Waals surface area contributed by atoms with Crippen LogP contribution >= 0.6 is 11.3 Å². The lowest BCUT2D eigenvalue weighted by Gasteiger charge is -2.13. The van der Waals surface area contributed by atoms with Gasteiger partial charge in [0.15, 0.2) is 0 Å². The van der Waals surface area contributed by atoms with Gasteiger partial charge in [0, 0.05) is 35.5 Å². The highest BCUT2D eigenvalue weighted by Gasteiger charge is 2.18. The molecule has 0 bridgehead atoms. The Labute approximate surface area is 125 Å². The van der Waals surface area contributed by atoms with Gasteiger partial charge < -0.3 is 5.32 Å². The summed E-state index contributed by atoms with van der Waals surface area (Å²) >= 11 is 2.01. The number of nitrogens with zero attached hydrogens (tertiary/aromatic N) is 2. The monoisotopic (exact) mass is 289 g/mol. The normalized spacial score (nSPS) is 16.7. The van der Waals surface area contributed by atoms with Crippen molar-refractivity contribution in [3.63, 3.8) is 0 Å². The van der Waals surface area contributed by atoms with Crippen LogP contribution in [-0.4, -0.2) is 16.8 Å². The van der Waals surface area contributed by atoms with E-state index in [1.165, 1.54) is 37.0 Å². The number of nitrogens with one attached hydrogen (secondary N) is 1. The van der Waals surface area contributed by atoms with Gasteiger partial charge in [-0.2, -0.15) is 5.10 Å². The van der Waals surface area contributed by atoms with Crippen LogP contribution in [0.15, 0.2) is 18.3 Å². The van der Waals surface area contributed by atoms with E-state index in [0.29, 0.717) is 6.04 Å². The molecule has 2 heterocycles. The minimum Gasteiger partial charge on any atom is -0.312 e. The van der Waals surface area contributed by atoms with Crippen LogP contribution < -0.4 is 5.32 Å². The SMILES string of the molecule is CNC(Cc1ccn(C)n1)c1cc2c(s1)CCCCC2. The van der Waals surface area contributed by atoms with Gasteiger partial charge in [-0.05, 0) is 50.4 Å². The third kappa shape index (κ3) is 2.96. The number of rotatable bonds is 4. The van der Waals surface area contributed by atoms with Crippen molar-refractivity contribution < 1.29 is 0 Å². The van der Waals surface area contributed by atoms with Crippen LogP contribution in [0.5, 0.6) is 0 Å². The average molecular weight is 289 g/mol. The van der Waals surface area contributed by atoms with E-state index in [1.807, 2.05) is 29.3 Å². The van der Waals surface area contributed by atoms with Crippen LogP contribution in [-0.2, 0) is 26.3 Å². The Kier molecular flexibility index (Phi) is 4.22. The molecule has 3 nitrogen and oxygen atoms in total. The summed E-state index contributed by atoms with van der Waals surface area (Å²) in [5.74, 6) is 0. The van der Waals surface area contributed by atoms with E-state index < -0.39 is 0 Å². The number of aromatic nitrogens is 2. The Hall–Kier alpha value is -1.13. The standard InChI is InChI=1S/C16H23N3S/c1-17-14(11-13-8-9-19(2)18-13)16-10-12-6-4-3-5-7-15(12)20-16/h8-10,14,17H,3-7,11H2,1-2H3. The minimum absolute atomic E-state index is 0.391. The fourth-order valence-corrected chi connectivity index (χ4v) is 4.36. The van der Waals surface area contributed by atoms with Crippen LogP contribution in [0.2, 0.25) is 0 Å². The number of thiophene rings is 1. The predicted molar refractivity (Wildman–Crippen MR) is 84.3 cm³/mol. The molecule has 20 heavy (non-hydrogen) atoms. The van der Waals surface area contributed by atoms with E-state index in [2.05, 4.69) is 29.6 Å². The van der Waals surface area contributed by atoms with Gasteiger partial charge in [0.25, 0.3) is 0 Å². The third-order valence-electron chi connectivity index (χ3n) is 4.14. The van der Waals surface area contributed by atoms with Gasteiger partial charge in [-0.3, -0.25) is 4.68 Å². The van der Waals surface area contributed by atoms with Crippen molar-refractivity contribution in [3.8, 4) is 0 Å². The van der Waals surface area contributed by atoms with E-state index in [4.69, 9.17) is 0 Å². The molecule has 0 aromatic carbocycles. The fraction of sp³-hybridized carbons (Fsp3) is 0.562. The highest BCUT2D eigenvalue weighted by atomic mass is 32.1. The molecule has 0 saturated heterocycles. The second kappa shape index (κ2) is 6.10. The molecule has 3 rings (SSSR count). The van der Waals surface area contributed by atoms with Crippen molar-refractivity contribution in [2.75, 3.05) is 7.05 Å². The molecular formula is C16H23N3S. The second-order valence-electron chi connectivity index (χ2n) is 5.68. The molecule has 0 amide bonds. The Balaban J connectivity index is 1.79. The Morgan fingerprint density at radius 2 is 2.20 bits per heavy atom. The summed E-state index contributed by atoms with van der Waals surface area (Å²) in [5.41, 5.74) is 2.76. The minimum atomic E-state index is 0.391. The number of likely N-dealkylation sites (N-methyl/N-ethyl adjacent to an activating group) is 1. The van der Waals surface area contributed by atoms with Crippen LogP contribution in [0.1, 0.15) is 46.3 Å². The number of fused-ring (bicyclic) bond motifs is 1. The maximum atomic E-state index is 4.50. The van der Waals surface area contributed by atoms with Gasteiger partial charge >= 0.3 is 0 Å². The molecule has 0 radical (unpaired) electrons. The molecule has 2 aromatic heterocycles. The molecule has 0 fully saturated rings. The summed E-state index contributed by atoms with van der Waals surface area (Å²) in [7, 11) is 4.03. The van der Waals surface area contributed by atoms with E-state index >= 15 is 0 Å². The number of aryl methyl sites for hydroxylation is 3. The van der Waals surface area contributed by atoms with Crippen LogP contribution in [0.25, 0.3) is 0 Å². The molecule has 1 N–H and O–H groups in total. The zero-order valence-electron chi connectivity index (χ0n) is 12.4. The molecule has 0 saturated carbocycles. The summed E-state index contributed by atoms with van der Waals surface area (Å²) in [6, 6.07) is 4.94. The first-order valence-electron chi connectivity index (χ1n) is 7.53. The zero-order valence-corrected chi connectivity index (χ0v) is 13.2. The molecule has 1 unspecified atom stereocenters. The van der Waals surface area contributed by atoms with Crippen LogP contribution in [0.4, 0.5) is 0 Å². The van der Waals surface area contributed by atoms with Crippen LogP contribution in [0, 0.1) is 0 Å². The van der Waals surface area contributed by atoms with Crippen molar-refractivity contribution >= 4 is 11.3 Å². The van der Waals surface area contributed by atoms with Gasteiger partial charge in [-0.25, -0.2) is 0 Å². The first-order valence-corrected chi connectivity index (χ1v) is 8.35. The van der Waals surface area contributed by atoms with Gasteiger partial charge in [-0.1, -0.05) is 6.42 Å². The Bertz CT molecular complexity index is 547. The van der Waals surface area contributed by atoms with Gasteiger partial charge in [0.1, 0.15) is 0 Å². The second-order valence-corrected chi connectivity index (χ2v) is 6.85. The number of hydrogen-bond donors (Lipinski definition) is 1. The lowest BCUT2D eigenvalue weighted by molar-refractivity contribution is 0.585. The molecule has 4 heteroatoms. The molecule has 1 aliphatic carbocycles. The van der Waals surface area contributed by atoms with Gasteiger partial charge in [0.05, 0.1) is 5.69 Å². The lowest BCUT2D eigenvalue weighted by atomic mass is 10.1. The Morgan fingerprint density at radius 3 is 2.95 bits per heavy atom. The van der Waals surface area contributed by atoms with Crippen molar-refractivity contribution in [1.29, 1.82) is 0 Å². The summed E-state index contributed by atoms with van der Waals surface area (Å²) in [6.45, 7) is 0. The van der Waals surface area contributed by atoms with Crippen molar-refractivity contribution in [2.45, 2.75) is 44.6 Å². The van der Waals surface area contributed by atoms with Gasteiger partial charge in [0.2, 0.25) is 0 Å². The van der Waals surface area contributed by atoms with Crippen molar-refractivity contribution in [2.24, 2.45) is 7.05 Å². The zero-order chi connectivity index (χ0) is 13.9. The number of hydrogen-bond acceptors (Lipinski definition) is 3. The molecule has 2 aromatic rings. The summed E-state index contributed by atoms with van der Waals surface area (Å²) < 4.78 is 1.88. The first kappa shape index (κ1) is 13.8. The molecule has 108 valence electrons. The summed E-state index contributed by atoms with van der Waals surface area (Å²) in [4.78, 5) is 3.10. The molecular weight excluding hydrogens is 266 g/mol. The Morgan fingerprint density at radius 1 is 1.35 bits per heavy atom. The van der Waals surface area contributed by atoms with E-state index in [9.17, 15) is 0 Å². The fourth-order valence-electron chi connectivity index (χ4n) is 2.99.